The summed E-state index contributed by atoms with van der Waals surface area (Å²) < 4.78 is 7.30. The third-order valence-electron chi connectivity index (χ3n) is 3.49. The Morgan fingerprint density at radius 1 is 1.29 bits per heavy atom. The van der Waals surface area contributed by atoms with Gasteiger partial charge >= 0.3 is 0 Å². The Bertz CT molecular complexity index is 765. The summed E-state index contributed by atoms with van der Waals surface area (Å²) >= 11 is 7.81. The Morgan fingerprint density at radius 3 is 2.86 bits per heavy atom. The van der Waals surface area contributed by atoms with Gasteiger partial charge in [-0.2, -0.15) is 4.98 Å². The Morgan fingerprint density at radius 2 is 2.14 bits per heavy atom. The van der Waals surface area contributed by atoms with Crippen molar-refractivity contribution in [2.75, 3.05) is 7.11 Å². The number of thiophene rings is 1. The number of halogens is 1. The molecule has 4 nitrogen and oxygen atoms in total. The molecule has 3 aromatic rings. The largest absolute Gasteiger partial charge is 0.481 e. The minimum absolute atomic E-state index is 0.367. The molecular formula is C15H16ClN3OS. The van der Waals surface area contributed by atoms with Crippen LogP contribution in [0.3, 0.4) is 0 Å². The third-order valence-corrected chi connectivity index (χ3v) is 4.68. The number of alkyl halides is 1. The highest BCUT2D eigenvalue weighted by Gasteiger charge is 2.14. The lowest BCUT2D eigenvalue weighted by Crippen LogP contribution is -2.05. The molecule has 0 aliphatic carbocycles. The first-order chi connectivity index (χ1) is 10.3. The highest BCUT2D eigenvalue weighted by atomic mass is 35.5. The van der Waals surface area contributed by atoms with Crippen molar-refractivity contribution in [3.63, 3.8) is 0 Å². The first-order valence-electron chi connectivity index (χ1n) is 6.78. The Labute approximate surface area is 132 Å². The quantitative estimate of drug-likeness (QED) is 0.670. The van der Waals surface area contributed by atoms with Crippen molar-refractivity contribution >= 4 is 34.1 Å². The van der Waals surface area contributed by atoms with E-state index in [1.54, 1.807) is 18.4 Å². The lowest BCUT2D eigenvalue weighted by molar-refractivity contribution is 0.399. The van der Waals surface area contributed by atoms with Crippen LogP contribution in [-0.2, 0) is 18.8 Å². The summed E-state index contributed by atoms with van der Waals surface area (Å²) in [5.74, 6) is 1.79. The van der Waals surface area contributed by atoms with E-state index in [9.17, 15) is 0 Å². The molecule has 0 amide bonds. The highest BCUT2D eigenvalue weighted by molar-refractivity contribution is 7.10. The van der Waals surface area contributed by atoms with Crippen molar-refractivity contribution in [3.05, 3.63) is 39.8 Å². The van der Waals surface area contributed by atoms with Gasteiger partial charge in [-0.1, -0.05) is 6.92 Å². The Hall–Kier alpha value is -1.59. The monoisotopic (exact) mass is 321 g/mol. The molecule has 21 heavy (non-hydrogen) atoms. The van der Waals surface area contributed by atoms with E-state index in [1.165, 1.54) is 10.4 Å². The van der Waals surface area contributed by atoms with Crippen molar-refractivity contribution in [2.45, 2.75) is 25.8 Å². The molecule has 0 radical (unpaired) electrons. The van der Waals surface area contributed by atoms with Gasteiger partial charge in [-0.3, -0.25) is 0 Å². The number of aromatic nitrogens is 3. The maximum absolute atomic E-state index is 6.05. The molecule has 110 valence electrons. The van der Waals surface area contributed by atoms with E-state index in [4.69, 9.17) is 16.3 Å². The van der Waals surface area contributed by atoms with Crippen LogP contribution in [0.4, 0.5) is 0 Å². The smallest absolute Gasteiger partial charge is 0.215 e. The molecule has 0 saturated carbocycles. The van der Waals surface area contributed by atoms with Gasteiger partial charge in [-0.05, 0) is 29.5 Å². The SMILES string of the molecule is CCc1ccsc1Cn1c(CCl)nc2ccc(OC)nc21. The van der Waals surface area contributed by atoms with Gasteiger partial charge in [-0.15, -0.1) is 22.9 Å². The molecule has 0 saturated heterocycles. The zero-order valence-electron chi connectivity index (χ0n) is 12.0. The van der Waals surface area contributed by atoms with E-state index in [2.05, 4.69) is 32.9 Å². The predicted octanol–water partition coefficient (Wildman–Crippen LogP) is 3.85. The van der Waals surface area contributed by atoms with Gasteiger partial charge in [0.05, 0.1) is 19.5 Å². The predicted molar refractivity (Wildman–Crippen MR) is 86.4 cm³/mol. The second kappa shape index (κ2) is 6.03. The standard InChI is InChI=1S/C15H16ClN3OS/c1-3-10-6-7-21-12(10)9-19-13(8-16)17-11-4-5-14(20-2)18-15(11)19/h4-7H,3,8-9H2,1-2H3. The molecule has 0 aliphatic rings. The van der Waals surface area contributed by atoms with Crippen LogP contribution in [0.5, 0.6) is 5.88 Å². The summed E-state index contributed by atoms with van der Waals surface area (Å²) in [4.78, 5) is 10.4. The molecule has 6 heteroatoms. The Kier molecular flexibility index (Phi) is 4.12. The summed E-state index contributed by atoms with van der Waals surface area (Å²) in [6.07, 6.45) is 1.03. The van der Waals surface area contributed by atoms with E-state index in [0.29, 0.717) is 11.8 Å². The van der Waals surface area contributed by atoms with Crippen molar-refractivity contribution in [3.8, 4) is 5.88 Å². The fourth-order valence-corrected chi connectivity index (χ4v) is 3.55. The van der Waals surface area contributed by atoms with Crippen LogP contribution in [-0.4, -0.2) is 21.6 Å². The van der Waals surface area contributed by atoms with Crippen molar-refractivity contribution in [2.24, 2.45) is 0 Å². The van der Waals surface area contributed by atoms with Crippen LogP contribution >= 0.6 is 22.9 Å². The molecule has 3 rings (SSSR count). The van der Waals surface area contributed by atoms with Gasteiger partial charge in [0, 0.05) is 10.9 Å². The highest BCUT2D eigenvalue weighted by Crippen LogP contribution is 2.24. The van der Waals surface area contributed by atoms with Crippen LogP contribution in [0.25, 0.3) is 11.2 Å². The van der Waals surface area contributed by atoms with Crippen LogP contribution in [0.1, 0.15) is 23.2 Å². The van der Waals surface area contributed by atoms with Crippen LogP contribution in [0.2, 0.25) is 0 Å². The van der Waals surface area contributed by atoms with Gasteiger partial charge in [-0.25, -0.2) is 4.98 Å². The van der Waals surface area contributed by atoms with Crippen molar-refractivity contribution < 1.29 is 4.74 Å². The number of hydrogen-bond donors (Lipinski definition) is 0. The van der Waals surface area contributed by atoms with E-state index in [-0.39, 0.29) is 0 Å². The summed E-state index contributed by atoms with van der Waals surface area (Å²) in [5, 5.41) is 2.13. The normalized spacial score (nSPS) is 11.2. The molecule has 0 spiro atoms. The van der Waals surface area contributed by atoms with Gasteiger partial charge in [0.25, 0.3) is 0 Å². The molecule has 0 bridgehead atoms. The lowest BCUT2D eigenvalue weighted by Gasteiger charge is -2.08. The molecular weight excluding hydrogens is 306 g/mol. The summed E-state index contributed by atoms with van der Waals surface area (Å²) in [6.45, 7) is 2.92. The molecule has 0 aliphatic heterocycles. The van der Waals surface area contributed by atoms with E-state index >= 15 is 0 Å². The zero-order valence-corrected chi connectivity index (χ0v) is 13.5. The van der Waals surface area contributed by atoms with E-state index in [0.717, 1.165) is 30.0 Å². The summed E-state index contributed by atoms with van der Waals surface area (Å²) in [7, 11) is 1.62. The number of ether oxygens (including phenoxy) is 1. The first-order valence-corrected chi connectivity index (χ1v) is 8.19. The second-order valence-electron chi connectivity index (χ2n) is 4.67. The molecule has 3 aromatic heterocycles. The number of fused-ring (bicyclic) bond motifs is 1. The third kappa shape index (κ3) is 2.63. The number of imidazole rings is 1. The lowest BCUT2D eigenvalue weighted by atomic mass is 10.2. The number of nitrogens with zero attached hydrogens (tertiary/aromatic N) is 3. The maximum atomic E-state index is 6.05. The molecule has 0 fully saturated rings. The zero-order chi connectivity index (χ0) is 14.8. The van der Waals surface area contributed by atoms with Crippen molar-refractivity contribution in [1.29, 1.82) is 0 Å². The average Bonchev–Trinajstić information content (AvgIpc) is 3.11. The number of pyridine rings is 1. The van der Waals surface area contributed by atoms with E-state index in [1.807, 2.05) is 12.1 Å². The van der Waals surface area contributed by atoms with Gasteiger partial charge in [0.2, 0.25) is 5.88 Å². The van der Waals surface area contributed by atoms with Gasteiger partial charge in [0.1, 0.15) is 11.3 Å². The fourth-order valence-electron chi connectivity index (χ4n) is 2.38. The number of hydrogen-bond acceptors (Lipinski definition) is 4. The first kappa shape index (κ1) is 14.4. The summed E-state index contributed by atoms with van der Waals surface area (Å²) in [6, 6.07) is 5.91. The van der Waals surface area contributed by atoms with Gasteiger partial charge in [0.15, 0.2) is 5.65 Å². The summed E-state index contributed by atoms with van der Waals surface area (Å²) in [5.41, 5.74) is 3.03. The Balaban J connectivity index is 2.10. The minimum atomic E-state index is 0.367. The van der Waals surface area contributed by atoms with Crippen LogP contribution in [0.15, 0.2) is 23.6 Å². The van der Waals surface area contributed by atoms with Crippen LogP contribution < -0.4 is 4.74 Å². The maximum Gasteiger partial charge on any atom is 0.215 e. The second-order valence-corrected chi connectivity index (χ2v) is 5.93. The topological polar surface area (TPSA) is 39.9 Å². The fraction of sp³-hybridized carbons (Fsp3) is 0.333. The number of methoxy groups -OCH3 is 1. The molecule has 0 atom stereocenters. The molecule has 3 heterocycles. The van der Waals surface area contributed by atoms with Gasteiger partial charge < -0.3 is 9.30 Å². The molecule has 0 aromatic carbocycles. The van der Waals surface area contributed by atoms with Crippen molar-refractivity contribution in [1.82, 2.24) is 14.5 Å². The number of rotatable bonds is 5. The van der Waals surface area contributed by atoms with E-state index < -0.39 is 0 Å². The minimum Gasteiger partial charge on any atom is -0.481 e. The number of aryl methyl sites for hydroxylation is 1. The van der Waals surface area contributed by atoms with Crippen LogP contribution in [0, 0.1) is 0 Å². The molecule has 0 N–H and O–H groups in total. The average molecular weight is 322 g/mol. The molecule has 0 unspecified atom stereocenters.